The van der Waals surface area contributed by atoms with Gasteiger partial charge in [0.25, 0.3) is 0 Å². The van der Waals surface area contributed by atoms with Crippen molar-refractivity contribution < 1.29 is 9.57 Å². The van der Waals surface area contributed by atoms with E-state index in [-0.39, 0.29) is 6.29 Å². The van der Waals surface area contributed by atoms with Crippen molar-refractivity contribution in [3.8, 4) is 0 Å². The van der Waals surface area contributed by atoms with Crippen LogP contribution >= 0.6 is 0 Å². The van der Waals surface area contributed by atoms with Crippen LogP contribution in [-0.4, -0.2) is 19.4 Å². The van der Waals surface area contributed by atoms with Gasteiger partial charge in [0, 0.05) is 19.6 Å². The van der Waals surface area contributed by atoms with Gasteiger partial charge in [0.1, 0.15) is 0 Å². The zero-order chi connectivity index (χ0) is 12.2. The molecule has 1 aliphatic rings. The molecule has 0 saturated carbocycles. The van der Waals surface area contributed by atoms with E-state index in [9.17, 15) is 0 Å². The lowest BCUT2D eigenvalue weighted by atomic mass is 10.1. The van der Waals surface area contributed by atoms with Crippen molar-refractivity contribution in [3.63, 3.8) is 0 Å². The van der Waals surface area contributed by atoms with Gasteiger partial charge < -0.3 is 4.74 Å². The van der Waals surface area contributed by atoms with Gasteiger partial charge in [-0.15, -0.1) is 0 Å². The third kappa shape index (κ3) is 8.58. The van der Waals surface area contributed by atoms with Crippen molar-refractivity contribution in [2.45, 2.75) is 77.4 Å². The van der Waals surface area contributed by atoms with Gasteiger partial charge in [0.05, 0.1) is 0 Å². The van der Waals surface area contributed by atoms with Crippen LogP contribution in [0.25, 0.3) is 0 Å². The minimum atomic E-state index is -0.00620. The van der Waals surface area contributed by atoms with Crippen molar-refractivity contribution in [1.29, 1.82) is 0 Å². The molecule has 1 N–H and O–H groups in total. The molecule has 0 bridgehead atoms. The lowest BCUT2D eigenvalue weighted by molar-refractivity contribution is -0.196. The second kappa shape index (κ2) is 11.0. The predicted molar refractivity (Wildman–Crippen MR) is 70.7 cm³/mol. The van der Waals surface area contributed by atoms with Crippen molar-refractivity contribution >= 4 is 0 Å². The van der Waals surface area contributed by atoms with Crippen LogP contribution in [0, 0.1) is 0 Å². The fourth-order valence-corrected chi connectivity index (χ4v) is 2.11. The van der Waals surface area contributed by atoms with Gasteiger partial charge >= 0.3 is 0 Å². The van der Waals surface area contributed by atoms with E-state index in [0.29, 0.717) is 0 Å². The molecule has 0 aromatic carbocycles. The van der Waals surface area contributed by atoms with E-state index in [1.54, 1.807) is 0 Å². The zero-order valence-corrected chi connectivity index (χ0v) is 11.4. The Hall–Kier alpha value is -0.120. The molecular formula is C14H29NO2. The molecule has 102 valence electrons. The first-order valence-corrected chi connectivity index (χ1v) is 7.43. The van der Waals surface area contributed by atoms with Gasteiger partial charge in [-0.3, -0.25) is 4.84 Å². The molecule has 17 heavy (non-hydrogen) atoms. The number of unbranched alkanes of at least 4 members (excludes halogenated alkanes) is 6. The molecule has 1 atom stereocenters. The summed E-state index contributed by atoms with van der Waals surface area (Å²) in [5.74, 6) is 0. The maximum atomic E-state index is 5.47. The van der Waals surface area contributed by atoms with Crippen LogP contribution in [0.5, 0.6) is 0 Å². The summed E-state index contributed by atoms with van der Waals surface area (Å²) < 4.78 is 5.47. The molecule has 3 heteroatoms. The number of nitrogens with one attached hydrogen (secondary N) is 1. The van der Waals surface area contributed by atoms with Crippen LogP contribution in [0.15, 0.2) is 0 Å². The molecule has 0 radical (unpaired) electrons. The number of hydrogen-bond acceptors (Lipinski definition) is 3. The van der Waals surface area contributed by atoms with Gasteiger partial charge in [-0.2, -0.15) is 5.48 Å². The molecule has 1 heterocycles. The van der Waals surface area contributed by atoms with Crippen LogP contribution in [0.1, 0.15) is 71.1 Å². The smallest absolute Gasteiger partial charge is 0.177 e. The van der Waals surface area contributed by atoms with Crippen molar-refractivity contribution in [2.24, 2.45) is 0 Å². The Balaban J connectivity index is 1.75. The van der Waals surface area contributed by atoms with Crippen LogP contribution in [0.2, 0.25) is 0 Å². The minimum absolute atomic E-state index is 0.00620. The topological polar surface area (TPSA) is 30.5 Å². The number of ether oxygens (including phenoxy) is 1. The molecular weight excluding hydrogens is 214 g/mol. The summed E-state index contributed by atoms with van der Waals surface area (Å²) in [6, 6.07) is 0. The second-order valence-electron chi connectivity index (χ2n) is 4.93. The molecule has 0 amide bonds. The highest BCUT2D eigenvalue weighted by atomic mass is 16.8. The van der Waals surface area contributed by atoms with E-state index in [0.717, 1.165) is 19.6 Å². The molecule has 0 aromatic rings. The second-order valence-corrected chi connectivity index (χ2v) is 4.93. The van der Waals surface area contributed by atoms with E-state index >= 15 is 0 Å². The Bertz CT molecular complexity index is 158. The summed E-state index contributed by atoms with van der Waals surface area (Å²) in [6.45, 7) is 4.06. The van der Waals surface area contributed by atoms with Gasteiger partial charge in [-0.1, -0.05) is 45.4 Å². The van der Waals surface area contributed by atoms with Gasteiger partial charge in [-0.05, 0) is 19.3 Å². The minimum Gasteiger partial charge on any atom is -0.351 e. The summed E-state index contributed by atoms with van der Waals surface area (Å²) in [6.07, 6.45) is 12.8. The fraction of sp³-hybridized carbons (Fsp3) is 1.00. The average Bonchev–Trinajstić information content (AvgIpc) is 2.38. The normalized spacial score (nSPS) is 20.6. The third-order valence-electron chi connectivity index (χ3n) is 3.24. The zero-order valence-electron chi connectivity index (χ0n) is 11.4. The van der Waals surface area contributed by atoms with E-state index in [1.807, 2.05) is 0 Å². The Morgan fingerprint density at radius 1 is 1.06 bits per heavy atom. The molecule has 0 aromatic heterocycles. The van der Waals surface area contributed by atoms with E-state index < -0.39 is 0 Å². The number of hydrogen-bond donors (Lipinski definition) is 1. The third-order valence-corrected chi connectivity index (χ3v) is 3.24. The average molecular weight is 243 g/mol. The van der Waals surface area contributed by atoms with Crippen LogP contribution in [0.4, 0.5) is 0 Å². The number of hydroxylamine groups is 1. The molecule has 1 saturated heterocycles. The highest BCUT2D eigenvalue weighted by molar-refractivity contribution is 4.53. The van der Waals surface area contributed by atoms with E-state index in [4.69, 9.17) is 9.57 Å². The molecule has 3 nitrogen and oxygen atoms in total. The summed E-state index contributed by atoms with van der Waals surface area (Å²) in [4.78, 5) is 5.46. The first kappa shape index (κ1) is 14.9. The molecule has 1 rings (SSSR count). The first-order valence-electron chi connectivity index (χ1n) is 7.43. The Labute approximate surface area is 106 Å². The van der Waals surface area contributed by atoms with Crippen molar-refractivity contribution in [1.82, 2.24) is 5.48 Å². The van der Waals surface area contributed by atoms with E-state index in [1.165, 1.54) is 57.8 Å². The highest BCUT2D eigenvalue weighted by Gasteiger charge is 2.13. The Morgan fingerprint density at radius 2 is 1.82 bits per heavy atom. The van der Waals surface area contributed by atoms with E-state index in [2.05, 4.69) is 12.4 Å². The van der Waals surface area contributed by atoms with Crippen LogP contribution in [0.3, 0.4) is 0 Å². The van der Waals surface area contributed by atoms with Gasteiger partial charge in [-0.25, -0.2) is 0 Å². The summed E-state index contributed by atoms with van der Waals surface area (Å²) >= 11 is 0. The molecule has 0 spiro atoms. The SMILES string of the molecule is CCCCCCCCCNOC1CCCCO1. The van der Waals surface area contributed by atoms with Crippen molar-refractivity contribution in [2.75, 3.05) is 13.2 Å². The molecule has 0 aliphatic carbocycles. The summed E-state index contributed by atoms with van der Waals surface area (Å²) in [7, 11) is 0. The first-order chi connectivity index (χ1) is 8.43. The van der Waals surface area contributed by atoms with Gasteiger partial charge in [0.2, 0.25) is 0 Å². The monoisotopic (exact) mass is 243 g/mol. The molecule has 1 fully saturated rings. The van der Waals surface area contributed by atoms with Crippen LogP contribution in [-0.2, 0) is 9.57 Å². The molecule has 1 unspecified atom stereocenters. The fourth-order valence-electron chi connectivity index (χ4n) is 2.11. The van der Waals surface area contributed by atoms with Gasteiger partial charge in [0.15, 0.2) is 6.29 Å². The largest absolute Gasteiger partial charge is 0.351 e. The van der Waals surface area contributed by atoms with Crippen LogP contribution < -0.4 is 5.48 Å². The van der Waals surface area contributed by atoms with Crippen molar-refractivity contribution in [3.05, 3.63) is 0 Å². The predicted octanol–water partition coefficient (Wildman–Crippen LogP) is 3.78. The quantitative estimate of drug-likeness (QED) is 0.468. The lowest BCUT2D eigenvalue weighted by Gasteiger charge is -2.22. The maximum Gasteiger partial charge on any atom is 0.177 e. The Kier molecular flexibility index (Phi) is 9.66. The summed E-state index contributed by atoms with van der Waals surface area (Å²) in [5.41, 5.74) is 3.03. The lowest BCUT2D eigenvalue weighted by Crippen LogP contribution is -2.29. The Morgan fingerprint density at radius 3 is 2.53 bits per heavy atom. The highest BCUT2D eigenvalue weighted by Crippen LogP contribution is 2.12. The maximum absolute atomic E-state index is 5.47. The molecule has 1 aliphatic heterocycles. The standard InChI is InChI=1S/C14H29NO2/c1-2-3-4-5-6-7-9-12-15-17-14-11-8-10-13-16-14/h14-15H,2-13H2,1H3. The number of rotatable bonds is 10. The summed E-state index contributed by atoms with van der Waals surface area (Å²) in [5, 5.41) is 0.